The topological polar surface area (TPSA) is 59.6 Å². The predicted molar refractivity (Wildman–Crippen MR) is 56.3 cm³/mol. The molecule has 1 fully saturated rings. The van der Waals surface area contributed by atoms with Crippen LogP contribution in [0.5, 0.6) is 0 Å². The summed E-state index contributed by atoms with van der Waals surface area (Å²) in [6.07, 6.45) is 1.43. The highest BCUT2D eigenvalue weighted by atomic mass is 16.8. The van der Waals surface area contributed by atoms with E-state index in [1.807, 2.05) is 0 Å². The Bertz CT molecular complexity index is 207. The Morgan fingerprint density at radius 2 is 2.20 bits per heavy atom. The molecule has 0 spiro atoms. The Morgan fingerprint density at radius 1 is 1.47 bits per heavy atom. The molecule has 1 aliphatic heterocycles. The molecule has 1 unspecified atom stereocenters. The van der Waals surface area contributed by atoms with Crippen molar-refractivity contribution in [1.82, 2.24) is 10.8 Å². The number of hydroxylamine groups is 1. The van der Waals surface area contributed by atoms with E-state index >= 15 is 0 Å². The van der Waals surface area contributed by atoms with Gasteiger partial charge >= 0.3 is 6.16 Å². The number of rotatable bonds is 2. The fourth-order valence-electron chi connectivity index (χ4n) is 1.35. The van der Waals surface area contributed by atoms with Crippen molar-refractivity contribution in [3.8, 4) is 0 Å². The lowest BCUT2D eigenvalue weighted by atomic mass is 10.1. The summed E-state index contributed by atoms with van der Waals surface area (Å²) in [7, 11) is 0. The van der Waals surface area contributed by atoms with Crippen LogP contribution < -0.4 is 10.8 Å². The summed E-state index contributed by atoms with van der Waals surface area (Å²) in [5, 5.41) is 3.21. The lowest BCUT2D eigenvalue weighted by Gasteiger charge is -2.24. The first-order chi connectivity index (χ1) is 6.97. The second-order valence-corrected chi connectivity index (χ2v) is 4.73. The maximum Gasteiger partial charge on any atom is 0.528 e. The van der Waals surface area contributed by atoms with Crippen molar-refractivity contribution in [1.29, 1.82) is 0 Å². The van der Waals surface area contributed by atoms with E-state index in [1.165, 1.54) is 0 Å². The van der Waals surface area contributed by atoms with Crippen LogP contribution in [0.2, 0.25) is 0 Å². The lowest BCUT2D eigenvalue weighted by Crippen LogP contribution is -2.44. The minimum atomic E-state index is -0.673. The molecule has 1 rings (SSSR count). The van der Waals surface area contributed by atoms with Gasteiger partial charge in [-0.2, -0.15) is 0 Å². The van der Waals surface area contributed by atoms with Gasteiger partial charge in [0.1, 0.15) is 5.60 Å². The van der Waals surface area contributed by atoms with Crippen molar-refractivity contribution < 1.29 is 14.4 Å². The molecule has 0 aromatic carbocycles. The number of hydrogen-bond donors (Lipinski definition) is 2. The molecule has 0 bridgehead atoms. The van der Waals surface area contributed by atoms with Crippen molar-refractivity contribution in [2.75, 3.05) is 13.1 Å². The van der Waals surface area contributed by atoms with Crippen LogP contribution in [-0.2, 0) is 9.57 Å². The molecule has 0 aromatic rings. The van der Waals surface area contributed by atoms with Crippen LogP contribution in [0.25, 0.3) is 0 Å². The Hall–Kier alpha value is -0.810. The summed E-state index contributed by atoms with van der Waals surface area (Å²) < 4.78 is 4.98. The third-order valence-corrected chi connectivity index (χ3v) is 2.00. The van der Waals surface area contributed by atoms with Crippen molar-refractivity contribution in [2.24, 2.45) is 0 Å². The molecular formula is C10H20N2O3. The van der Waals surface area contributed by atoms with E-state index in [-0.39, 0.29) is 6.04 Å². The van der Waals surface area contributed by atoms with Gasteiger partial charge in [0.25, 0.3) is 0 Å². The first-order valence-electron chi connectivity index (χ1n) is 5.33. The van der Waals surface area contributed by atoms with E-state index in [0.29, 0.717) is 0 Å². The highest BCUT2D eigenvalue weighted by Crippen LogP contribution is 2.08. The zero-order valence-electron chi connectivity index (χ0n) is 9.63. The largest absolute Gasteiger partial charge is 0.528 e. The van der Waals surface area contributed by atoms with Gasteiger partial charge < -0.3 is 14.9 Å². The van der Waals surface area contributed by atoms with Crippen LogP contribution in [0.1, 0.15) is 33.6 Å². The van der Waals surface area contributed by atoms with E-state index in [1.54, 1.807) is 20.8 Å². The second kappa shape index (κ2) is 5.32. The van der Waals surface area contributed by atoms with Crippen LogP contribution >= 0.6 is 0 Å². The van der Waals surface area contributed by atoms with Crippen molar-refractivity contribution in [3.05, 3.63) is 0 Å². The third kappa shape index (κ3) is 5.59. The highest BCUT2D eigenvalue weighted by Gasteiger charge is 2.19. The molecule has 0 radical (unpaired) electrons. The monoisotopic (exact) mass is 216 g/mol. The Kier molecular flexibility index (Phi) is 4.35. The molecule has 5 heteroatoms. The van der Waals surface area contributed by atoms with Gasteiger partial charge in [-0.05, 0) is 40.2 Å². The van der Waals surface area contributed by atoms with E-state index < -0.39 is 11.8 Å². The zero-order valence-corrected chi connectivity index (χ0v) is 9.63. The first kappa shape index (κ1) is 12.3. The normalized spacial score (nSPS) is 22.2. The second-order valence-electron chi connectivity index (χ2n) is 4.73. The van der Waals surface area contributed by atoms with Crippen molar-refractivity contribution in [2.45, 2.75) is 45.3 Å². The number of piperidine rings is 1. The zero-order chi connectivity index (χ0) is 11.3. The molecule has 0 saturated carbocycles. The minimum Gasteiger partial charge on any atom is -0.427 e. The fraction of sp³-hybridized carbons (Fsp3) is 0.900. The maximum atomic E-state index is 11.2. The number of hydrogen-bond acceptors (Lipinski definition) is 5. The molecular weight excluding hydrogens is 196 g/mol. The van der Waals surface area contributed by atoms with E-state index in [9.17, 15) is 4.79 Å². The van der Waals surface area contributed by atoms with Crippen LogP contribution in [-0.4, -0.2) is 30.9 Å². The SMILES string of the molecule is CC(C)(C)OC(=O)ONC1CCCNC1. The molecule has 0 aromatic heterocycles. The molecule has 5 nitrogen and oxygen atoms in total. The van der Waals surface area contributed by atoms with Gasteiger partial charge in [-0.15, -0.1) is 5.48 Å². The summed E-state index contributed by atoms with van der Waals surface area (Å²) in [5.74, 6) is 0. The average molecular weight is 216 g/mol. The van der Waals surface area contributed by atoms with E-state index in [2.05, 4.69) is 10.8 Å². The predicted octanol–water partition coefficient (Wildman–Crippen LogP) is 1.19. The van der Waals surface area contributed by atoms with Crippen molar-refractivity contribution in [3.63, 3.8) is 0 Å². The third-order valence-electron chi connectivity index (χ3n) is 2.00. The maximum absolute atomic E-state index is 11.2. The molecule has 1 aliphatic rings. The van der Waals surface area contributed by atoms with Crippen LogP contribution in [0.15, 0.2) is 0 Å². The van der Waals surface area contributed by atoms with Gasteiger partial charge in [0.15, 0.2) is 0 Å². The van der Waals surface area contributed by atoms with E-state index in [4.69, 9.17) is 9.57 Å². The summed E-state index contributed by atoms with van der Waals surface area (Å²) >= 11 is 0. The number of carbonyl (C=O) groups excluding carboxylic acids is 1. The molecule has 88 valence electrons. The molecule has 1 saturated heterocycles. The molecule has 1 heterocycles. The van der Waals surface area contributed by atoms with Gasteiger partial charge in [-0.3, -0.25) is 0 Å². The molecule has 0 aliphatic carbocycles. The quantitative estimate of drug-likeness (QED) is 0.536. The first-order valence-corrected chi connectivity index (χ1v) is 5.33. The Morgan fingerprint density at radius 3 is 2.73 bits per heavy atom. The van der Waals surface area contributed by atoms with Crippen LogP contribution in [0, 0.1) is 0 Å². The molecule has 15 heavy (non-hydrogen) atoms. The minimum absolute atomic E-state index is 0.186. The smallest absolute Gasteiger partial charge is 0.427 e. The van der Waals surface area contributed by atoms with Gasteiger partial charge in [-0.1, -0.05) is 0 Å². The standard InChI is InChI=1S/C10H20N2O3/c1-10(2,3)14-9(13)15-12-8-5-4-6-11-7-8/h8,11-12H,4-7H2,1-3H3. The molecule has 0 amide bonds. The Labute approximate surface area is 90.5 Å². The Balaban J connectivity index is 2.15. The van der Waals surface area contributed by atoms with Gasteiger partial charge in [0, 0.05) is 6.54 Å². The summed E-state index contributed by atoms with van der Waals surface area (Å²) in [6.45, 7) is 7.26. The number of ether oxygens (including phenoxy) is 1. The summed E-state index contributed by atoms with van der Waals surface area (Å²) in [4.78, 5) is 16.0. The molecule has 2 N–H and O–H groups in total. The average Bonchev–Trinajstić information content (AvgIpc) is 2.14. The van der Waals surface area contributed by atoms with Gasteiger partial charge in [0.05, 0.1) is 6.04 Å². The lowest BCUT2D eigenvalue weighted by molar-refractivity contribution is -0.0415. The summed E-state index contributed by atoms with van der Waals surface area (Å²) in [5.41, 5.74) is 2.20. The summed E-state index contributed by atoms with van der Waals surface area (Å²) in [6, 6.07) is 0.186. The van der Waals surface area contributed by atoms with Crippen LogP contribution in [0.4, 0.5) is 4.79 Å². The fourth-order valence-corrected chi connectivity index (χ4v) is 1.35. The van der Waals surface area contributed by atoms with Crippen LogP contribution in [0.3, 0.4) is 0 Å². The van der Waals surface area contributed by atoms with Crippen molar-refractivity contribution >= 4 is 6.16 Å². The highest BCUT2D eigenvalue weighted by molar-refractivity contribution is 5.60. The van der Waals surface area contributed by atoms with Gasteiger partial charge in [0.2, 0.25) is 0 Å². The number of nitrogens with one attached hydrogen (secondary N) is 2. The molecule has 1 atom stereocenters. The number of carbonyl (C=O) groups is 1. The van der Waals surface area contributed by atoms with E-state index in [0.717, 1.165) is 25.9 Å². The van der Waals surface area contributed by atoms with Gasteiger partial charge in [-0.25, -0.2) is 4.79 Å².